The van der Waals surface area contributed by atoms with E-state index in [4.69, 9.17) is 0 Å². The third-order valence-corrected chi connectivity index (χ3v) is 2.27. The molecular weight excluding hydrogens is 140 g/mol. The molecule has 11 heavy (non-hydrogen) atoms. The fourth-order valence-corrected chi connectivity index (χ4v) is 1.56. The summed E-state index contributed by atoms with van der Waals surface area (Å²) in [5, 5.41) is 9.43. The van der Waals surface area contributed by atoms with E-state index in [0.29, 0.717) is 12.8 Å². The summed E-state index contributed by atoms with van der Waals surface area (Å²) in [7, 11) is 0. The van der Waals surface area contributed by atoms with Crippen LogP contribution < -0.4 is 0 Å². The topological polar surface area (TPSA) is 37.3 Å². The van der Waals surface area contributed by atoms with Crippen LogP contribution in [0.3, 0.4) is 0 Å². The molecule has 0 aromatic carbocycles. The van der Waals surface area contributed by atoms with Crippen molar-refractivity contribution < 1.29 is 9.90 Å². The van der Waals surface area contributed by atoms with Crippen molar-refractivity contribution in [1.29, 1.82) is 0 Å². The number of carbonyl (C=O) groups is 1. The Morgan fingerprint density at radius 3 is 2.82 bits per heavy atom. The van der Waals surface area contributed by atoms with Crippen LogP contribution in [0.25, 0.3) is 0 Å². The van der Waals surface area contributed by atoms with E-state index in [9.17, 15) is 9.90 Å². The minimum absolute atomic E-state index is 0.146. The largest absolute Gasteiger partial charge is 0.392 e. The normalized spacial score (nSPS) is 32.0. The van der Waals surface area contributed by atoms with Gasteiger partial charge in [0, 0.05) is 18.8 Å². The quantitative estimate of drug-likeness (QED) is 0.578. The van der Waals surface area contributed by atoms with Crippen LogP contribution in [0.5, 0.6) is 0 Å². The van der Waals surface area contributed by atoms with Crippen LogP contribution in [0.15, 0.2) is 12.2 Å². The molecule has 1 rings (SSSR count). The molecule has 2 unspecified atom stereocenters. The van der Waals surface area contributed by atoms with Crippen LogP contribution in [-0.2, 0) is 4.79 Å². The highest BCUT2D eigenvalue weighted by Crippen LogP contribution is 2.26. The molecule has 2 heteroatoms. The summed E-state index contributed by atoms with van der Waals surface area (Å²) in [6.07, 6.45) is 1.22. The van der Waals surface area contributed by atoms with E-state index in [-0.39, 0.29) is 11.7 Å². The number of Topliss-reactive ketones (excluding diaryl/α,β-unsaturated/α-hetero) is 1. The van der Waals surface area contributed by atoms with Crippen molar-refractivity contribution in [2.45, 2.75) is 32.3 Å². The summed E-state index contributed by atoms with van der Waals surface area (Å²) in [4.78, 5) is 10.9. The highest BCUT2D eigenvalue weighted by Gasteiger charge is 2.27. The molecular formula is C9H14O2. The molecule has 2 atom stereocenters. The molecule has 1 aliphatic carbocycles. The van der Waals surface area contributed by atoms with Crippen molar-refractivity contribution in [3.8, 4) is 0 Å². The summed E-state index contributed by atoms with van der Waals surface area (Å²) < 4.78 is 0. The van der Waals surface area contributed by atoms with Gasteiger partial charge in [-0.3, -0.25) is 4.79 Å². The zero-order valence-electron chi connectivity index (χ0n) is 6.84. The number of ketones is 1. The highest BCUT2D eigenvalue weighted by atomic mass is 16.3. The lowest BCUT2D eigenvalue weighted by Gasteiger charge is -2.26. The molecule has 0 aliphatic heterocycles. The summed E-state index contributed by atoms with van der Waals surface area (Å²) in [5.74, 6) is 0.322. The zero-order chi connectivity index (χ0) is 8.43. The van der Waals surface area contributed by atoms with Gasteiger partial charge >= 0.3 is 0 Å². The molecule has 0 spiro atoms. The Kier molecular flexibility index (Phi) is 2.45. The number of carbonyl (C=O) groups excluding carboxylic acids is 1. The fraction of sp³-hybridized carbons (Fsp3) is 0.667. The first-order valence-electron chi connectivity index (χ1n) is 3.96. The van der Waals surface area contributed by atoms with Crippen molar-refractivity contribution in [3.05, 3.63) is 12.2 Å². The maximum atomic E-state index is 10.9. The van der Waals surface area contributed by atoms with E-state index < -0.39 is 6.10 Å². The van der Waals surface area contributed by atoms with Gasteiger partial charge in [0.25, 0.3) is 0 Å². The Morgan fingerprint density at radius 1 is 1.73 bits per heavy atom. The third-order valence-electron chi connectivity index (χ3n) is 2.27. The predicted octanol–water partition coefficient (Wildman–Crippen LogP) is 1.29. The molecule has 0 aromatic heterocycles. The number of aliphatic hydroxyl groups is 1. The molecule has 62 valence electrons. The van der Waals surface area contributed by atoms with E-state index in [1.54, 1.807) is 0 Å². The van der Waals surface area contributed by atoms with Crippen molar-refractivity contribution in [3.63, 3.8) is 0 Å². The SMILES string of the molecule is C=C(C)C1CCC(=O)CC1O. The molecule has 0 aromatic rings. The molecule has 1 aliphatic rings. The smallest absolute Gasteiger partial charge is 0.135 e. The summed E-state index contributed by atoms with van der Waals surface area (Å²) in [6, 6.07) is 0. The number of aliphatic hydroxyl groups excluding tert-OH is 1. The van der Waals surface area contributed by atoms with Gasteiger partial charge < -0.3 is 5.11 Å². The number of hydrogen-bond donors (Lipinski definition) is 1. The molecule has 0 amide bonds. The van der Waals surface area contributed by atoms with Crippen LogP contribution in [0.2, 0.25) is 0 Å². The van der Waals surface area contributed by atoms with E-state index in [1.165, 1.54) is 0 Å². The first kappa shape index (κ1) is 8.47. The lowest BCUT2D eigenvalue weighted by molar-refractivity contribution is -0.124. The number of rotatable bonds is 1. The van der Waals surface area contributed by atoms with Gasteiger partial charge in [0.1, 0.15) is 5.78 Å². The lowest BCUT2D eigenvalue weighted by atomic mass is 9.82. The van der Waals surface area contributed by atoms with E-state index >= 15 is 0 Å². The highest BCUT2D eigenvalue weighted by molar-refractivity contribution is 5.79. The van der Waals surface area contributed by atoms with Gasteiger partial charge in [-0.25, -0.2) is 0 Å². The minimum atomic E-state index is -0.478. The van der Waals surface area contributed by atoms with Crippen molar-refractivity contribution in [2.75, 3.05) is 0 Å². The summed E-state index contributed by atoms with van der Waals surface area (Å²) in [5.41, 5.74) is 0.991. The molecule has 1 N–H and O–H groups in total. The Hall–Kier alpha value is -0.630. The number of hydrogen-bond acceptors (Lipinski definition) is 2. The van der Waals surface area contributed by atoms with E-state index in [1.807, 2.05) is 6.92 Å². The summed E-state index contributed by atoms with van der Waals surface area (Å²) in [6.45, 7) is 5.69. The average Bonchev–Trinajstić information content (AvgIpc) is 1.85. The van der Waals surface area contributed by atoms with Crippen LogP contribution in [0.4, 0.5) is 0 Å². The molecule has 0 saturated heterocycles. The Morgan fingerprint density at radius 2 is 2.36 bits per heavy atom. The molecule has 1 saturated carbocycles. The van der Waals surface area contributed by atoms with Gasteiger partial charge in [0.05, 0.1) is 6.10 Å². The maximum Gasteiger partial charge on any atom is 0.135 e. The zero-order valence-corrected chi connectivity index (χ0v) is 6.84. The standard InChI is InChI=1S/C9H14O2/c1-6(2)8-4-3-7(10)5-9(8)11/h8-9,11H,1,3-5H2,2H3. The fourth-order valence-electron chi connectivity index (χ4n) is 1.56. The van der Waals surface area contributed by atoms with Crippen LogP contribution in [0.1, 0.15) is 26.2 Å². The Labute approximate surface area is 66.9 Å². The first-order valence-corrected chi connectivity index (χ1v) is 3.96. The molecule has 2 nitrogen and oxygen atoms in total. The first-order chi connectivity index (χ1) is 5.11. The molecule has 0 radical (unpaired) electrons. The predicted molar refractivity (Wildman–Crippen MR) is 43.2 cm³/mol. The molecule has 0 heterocycles. The Balaban J connectivity index is 2.57. The molecule has 0 bridgehead atoms. The van der Waals surface area contributed by atoms with Gasteiger partial charge in [-0.05, 0) is 13.3 Å². The van der Waals surface area contributed by atoms with Crippen LogP contribution in [0, 0.1) is 5.92 Å². The third kappa shape index (κ3) is 1.90. The maximum absolute atomic E-state index is 10.9. The Bertz CT molecular complexity index is 184. The van der Waals surface area contributed by atoms with Gasteiger partial charge in [-0.2, -0.15) is 0 Å². The minimum Gasteiger partial charge on any atom is -0.392 e. The molecule has 1 fully saturated rings. The van der Waals surface area contributed by atoms with Gasteiger partial charge in [-0.15, -0.1) is 0 Å². The lowest BCUT2D eigenvalue weighted by Crippen LogP contribution is -2.29. The van der Waals surface area contributed by atoms with Crippen molar-refractivity contribution in [2.24, 2.45) is 5.92 Å². The monoisotopic (exact) mass is 154 g/mol. The van der Waals surface area contributed by atoms with Crippen molar-refractivity contribution >= 4 is 5.78 Å². The van der Waals surface area contributed by atoms with E-state index in [2.05, 4.69) is 6.58 Å². The second kappa shape index (κ2) is 3.18. The second-order valence-corrected chi connectivity index (χ2v) is 3.30. The van der Waals surface area contributed by atoms with Crippen LogP contribution >= 0.6 is 0 Å². The second-order valence-electron chi connectivity index (χ2n) is 3.30. The van der Waals surface area contributed by atoms with Gasteiger partial charge in [0.2, 0.25) is 0 Å². The van der Waals surface area contributed by atoms with Gasteiger partial charge in [0.15, 0.2) is 0 Å². The summed E-state index contributed by atoms with van der Waals surface area (Å²) >= 11 is 0. The van der Waals surface area contributed by atoms with Crippen molar-refractivity contribution in [1.82, 2.24) is 0 Å². The van der Waals surface area contributed by atoms with Crippen LogP contribution in [-0.4, -0.2) is 17.0 Å². The van der Waals surface area contributed by atoms with Gasteiger partial charge in [-0.1, -0.05) is 12.2 Å². The van der Waals surface area contributed by atoms with E-state index in [0.717, 1.165) is 12.0 Å². The average molecular weight is 154 g/mol.